The highest BCUT2D eigenvalue weighted by Gasteiger charge is 2.44. The molecule has 19 heavy (non-hydrogen) atoms. The van der Waals surface area contributed by atoms with Crippen molar-refractivity contribution >= 4 is 11.8 Å². The van der Waals surface area contributed by atoms with E-state index in [2.05, 4.69) is 5.32 Å². The predicted octanol–water partition coefficient (Wildman–Crippen LogP) is 1.80. The Labute approximate surface area is 115 Å². The summed E-state index contributed by atoms with van der Waals surface area (Å²) >= 11 is 0. The van der Waals surface area contributed by atoms with Crippen molar-refractivity contribution in [3.8, 4) is 0 Å². The molecule has 0 aromatic heterocycles. The summed E-state index contributed by atoms with van der Waals surface area (Å²) < 4.78 is 0. The lowest BCUT2D eigenvalue weighted by Crippen LogP contribution is -2.45. The van der Waals surface area contributed by atoms with E-state index in [1.165, 1.54) is 19.3 Å². The molecule has 4 heteroatoms. The lowest BCUT2D eigenvalue weighted by atomic mass is 9.87. The maximum atomic E-state index is 12.5. The molecule has 0 aromatic rings. The van der Waals surface area contributed by atoms with Crippen molar-refractivity contribution in [2.75, 3.05) is 13.1 Å². The van der Waals surface area contributed by atoms with Gasteiger partial charge in [-0.25, -0.2) is 0 Å². The van der Waals surface area contributed by atoms with Crippen LogP contribution in [0.3, 0.4) is 0 Å². The van der Waals surface area contributed by atoms with Crippen LogP contribution in [-0.2, 0) is 9.59 Å². The summed E-state index contributed by atoms with van der Waals surface area (Å²) in [4.78, 5) is 26.1. The van der Waals surface area contributed by atoms with Gasteiger partial charge in [-0.3, -0.25) is 9.59 Å². The van der Waals surface area contributed by atoms with Crippen LogP contribution in [0.15, 0.2) is 0 Å². The fourth-order valence-electron chi connectivity index (χ4n) is 3.67. The number of hydrogen-bond acceptors (Lipinski definition) is 2. The van der Waals surface area contributed by atoms with Crippen molar-refractivity contribution in [1.82, 2.24) is 10.2 Å². The van der Waals surface area contributed by atoms with Crippen LogP contribution in [-0.4, -0.2) is 35.8 Å². The average molecular weight is 266 g/mol. The minimum absolute atomic E-state index is 0.0478. The second kappa shape index (κ2) is 5.93. The van der Waals surface area contributed by atoms with Gasteiger partial charge in [-0.15, -0.1) is 0 Å². The molecular weight excluding hydrogens is 240 g/mol. The van der Waals surface area contributed by atoms with Crippen molar-refractivity contribution in [2.24, 2.45) is 17.8 Å². The topological polar surface area (TPSA) is 49.4 Å². The molecule has 2 aliphatic carbocycles. The first-order valence-electron chi connectivity index (χ1n) is 7.59. The van der Waals surface area contributed by atoms with Crippen molar-refractivity contribution < 1.29 is 9.59 Å². The SMILES string of the molecule is CCN(CC(=O)NC(C)C)C(=O)C1CC2CCC1C2. The molecule has 2 aliphatic rings. The van der Waals surface area contributed by atoms with Gasteiger partial charge >= 0.3 is 0 Å². The Hall–Kier alpha value is -1.06. The van der Waals surface area contributed by atoms with Gasteiger partial charge in [0.2, 0.25) is 11.8 Å². The van der Waals surface area contributed by atoms with E-state index in [-0.39, 0.29) is 30.3 Å². The third-order valence-corrected chi connectivity index (χ3v) is 4.53. The van der Waals surface area contributed by atoms with E-state index < -0.39 is 0 Å². The molecule has 2 bridgehead atoms. The van der Waals surface area contributed by atoms with E-state index in [1.807, 2.05) is 20.8 Å². The molecule has 0 heterocycles. The number of rotatable bonds is 5. The number of nitrogens with one attached hydrogen (secondary N) is 1. The highest BCUT2D eigenvalue weighted by atomic mass is 16.2. The molecule has 0 aromatic carbocycles. The highest BCUT2D eigenvalue weighted by Crippen LogP contribution is 2.48. The standard InChI is InChI=1S/C15H26N2O2/c1-4-17(9-14(18)16-10(2)3)15(19)13-8-11-5-6-12(13)7-11/h10-13H,4-9H2,1-3H3,(H,16,18). The summed E-state index contributed by atoms with van der Waals surface area (Å²) in [6.45, 7) is 6.66. The molecule has 2 fully saturated rings. The van der Waals surface area contributed by atoms with Crippen LogP contribution in [0.4, 0.5) is 0 Å². The van der Waals surface area contributed by atoms with E-state index in [0.29, 0.717) is 12.5 Å². The van der Waals surface area contributed by atoms with Gasteiger partial charge in [0.15, 0.2) is 0 Å². The van der Waals surface area contributed by atoms with Crippen molar-refractivity contribution in [3.63, 3.8) is 0 Å². The van der Waals surface area contributed by atoms with Crippen LogP contribution in [0.5, 0.6) is 0 Å². The first kappa shape index (κ1) is 14.4. The smallest absolute Gasteiger partial charge is 0.239 e. The zero-order valence-electron chi connectivity index (χ0n) is 12.3. The van der Waals surface area contributed by atoms with Crippen LogP contribution in [0.25, 0.3) is 0 Å². The fraction of sp³-hybridized carbons (Fsp3) is 0.867. The molecule has 2 amide bonds. The minimum Gasteiger partial charge on any atom is -0.352 e. The summed E-state index contributed by atoms with van der Waals surface area (Å²) in [6.07, 6.45) is 4.78. The molecule has 3 unspecified atom stereocenters. The Morgan fingerprint density at radius 1 is 1.26 bits per heavy atom. The first-order valence-corrected chi connectivity index (χ1v) is 7.59. The van der Waals surface area contributed by atoms with Gasteiger partial charge in [0.05, 0.1) is 6.54 Å². The summed E-state index contributed by atoms with van der Waals surface area (Å²) in [5.74, 6) is 1.69. The largest absolute Gasteiger partial charge is 0.352 e. The Bertz CT molecular complexity index is 354. The molecule has 2 rings (SSSR count). The van der Waals surface area contributed by atoms with E-state index in [9.17, 15) is 9.59 Å². The molecule has 108 valence electrons. The molecule has 4 nitrogen and oxygen atoms in total. The van der Waals surface area contributed by atoms with Crippen LogP contribution < -0.4 is 5.32 Å². The molecular formula is C15H26N2O2. The van der Waals surface area contributed by atoms with E-state index in [0.717, 1.165) is 12.3 Å². The quantitative estimate of drug-likeness (QED) is 0.825. The number of likely N-dealkylation sites (N-methyl/N-ethyl adjacent to an activating group) is 1. The normalized spacial score (nSPS) is 28.7. The summed E-state index contributed by atoms with van der Waals surface area (Å²) in [5.41, 5.74) is 0. The predicted molar refractivity (Wildman–Crippen MR) is 74.5 cm³/mol. The van der Waals surface area contributed by atoms with E-state index in [4.69, 9.17) is 0 Å². The monoisotopic (exact) mass is 266 g/mol. The van der Waals surface area contributed by atoms with Crippen molar-refractivity contribution in [3.05, 3.63) is 0 Å². The third-order valence-electron chi connectivity index (χ3n) is 4.53. The van der Waals surface area contributed by atoms with Gasteiger partial charge in [0.1, 0.15) is 0 Å². The Kier molecular flexibility index (Phi) is 4.48. The van der Waals surface area contributed by atoms with Crippen molar-refractivity contribution in [1.29, 1.82) is 0 Å². The zero-order chi connectivity index (χ0) is 14.0. The summed E-state index contributed by atoms with van der Waals surface area (Å²) in [5, 5.41) is 2.85. The average Bonchev–Trinajstić information content (AvgIpc) is 2.96. The van der Waals surface area contributed by atoms with E-state index in [1.54, 1.807) is 4.90 Å². The lowest BCUT2D eigenvalue weighted by molar-refractivity contribution is -0.140. The maximum Gasteiger partial charge on any atom is 0.239 e. The molecule has 3 atom stereocenters. The lowest BCUT2D eigenvalue weighted by Gasteiger charge is -2.28. The number of nitrogens with zero attached hydrogens (tertiary/aromatic N) is 1. The maximum absolute atomic E-state index is 12.5. The van der Waals surface area contributed by atoms with Gasteiger partial charge in [0.25, 0.3) is 0 Å². The Morgan fingerprint density at radius 3 is 2.47 bits per heavy atom. The number of carbonyl (C=O) groups excluding carboxylic acids is 2. The second-order valence-corrected chi connectivity index (χ2v) is 6.36. The molecule has 1 N–H and O–H groups in total. The fourth-order valence-corrected chi connectivity index (χ4v) is 3.67. The minimum atomic E-state index is -0.0478. The van der Waals surface area contributed by atoms with Crippen LogP contribution in [0.2, 0.25) is 0 Å². The molecule has 0 aliphatic heterocycles. The molecule has 2 saturated carbocycles. The molecule has 0 radical (unpaired) electrons. The second-order valence-electron chi connectivity index (χ2n) is 6.36. The van der Waals surface area contributed by atoms with Gasteiger partial charge in [-0.05, 0) is 51.9 Å². The number of carbonyl (C=O) groups is 2. The Morgan fingerprint density at radius 2 is 2.00 bits per heavy atom. The molecule has 0 saturated heterocycles. The summed E-state index contributed by atoms with van der Waals surface area (Å²) in [6, 6.07) is 0.129. The van der Waals surface area contributed by atoms with E-state index >= 15 is 0 Å². The van der Waals surface area contributed by atoms with Crippen LogP contribution in [0, 0.1) is 17.8 Å². The Balaban J connectivity index is 1.90. The first-order chi connectivity index (χ1) is 9.01. The number of fused-ring (bicyclic) bond motifs is 2. The van der Waals surface area contributed by atoms with Crippen LogP contribution >= 0.6 is 0 Å². The highest BCUT2D eigenvalue weighted by molar-refractivity contribution is 5.86. The third kappa shape index (κ3) is 3.28. The number of amides is 2. The van der Waals surface area contributed by atoms with Crippen molar-refractivity contribution in [2.45, 2.75) is 52.5 Å². The van der Waals surface area contributed by atoms with Gasteiger partial charge < -0.3 is 10.2 Å². The van der Waals surface area contributed by atoms with Gasteiger partial charge in [-0.1, -0.05) is 6.42 Å². The number of hydrogen-bond donors (Lipinski definition) is 1. The van der Waals surface area contributed by atoms with Crippen LogP contribution in [0.1, 0.15) is 46.5 Å². The van der Waals surface area contributed by atoms with Gasteiger partial charge in [0, 0.05) is 18.5 Å². The molecule has 0 spiro atoms. The zero-order valence-corrected chi connectivity index (χ0v) is 12.3. The summed E-state index contributed by atoms with van der Waals surface area (Å²) in [7, 11) is 0. The van der Waals surface area contributed by atoms with Gasteiger partial charge in [-0.2, -0.15) is 0 Å².